The summed E-state index contributed by atoms with van der Waals surface area (Å²) in [4.78, 5) is 21.9. The lowest BCUT2D eigenvalue weighted by atomic mass is 9.93. The lowest BCUT2D eigenvalue weighted by Crippen LogP contribution is -2.24. The van der Waals surface area contributed by atoms with Crippen molar-refractivity contribution >= 4 is 11.7 Å². The summed E-state index contributed by atoms with van der Waals surface area (Å²) in [7, 11) is 1.23. The number of esters is 1. The van der Waals surface area contributed by atoms with Gasteiger partial charge in [-0.15, -0.1) is 0 Å². The van der Waals surface area contributed by atoms with Crippen LogP contribution in [-0.2, 0) is 9.53 Å². The number of nitrogens with zero attached hydrogens (tertiary/aromatic N) is 1. The van der Waals surface area contributed by atoms with Crippen LogP contribution in [0.3, 0.4) is 0 Å². The minimum absolute atomic E-state index is 0.0294. The van der Waals surface area contributed by atoms with Crippen molar-refractivity contribution in [2.45, 2.75) is 12.8 Å². The van der Waals surface area contributed by atoms with Crippen LogP contribution in [0, 0.1) is 17.0 Å². The first-order valence-electron chi connectivity index (χ1n) is 5.04. The number of ether oxygens (including phenoxy) is 1. The van der Waals surface area contributed by atoms with Gasteiger partial charge in [0.2, 0.25) is 0 Å². The highest BCUT2D eigenvalue weighted by Crippen LogP contribution is 2.29. The molecule has 0 fully saturated rings. The Kier molecular flexibility index (Phi) is 4.17. The standard InChI is InChI=1S/C11H14N2O4/c1-7-4-3-5-9(13(15)16)10(7)8(6-12)11(14)17-2/h3-5,8H,6,12H2,1-2H3. The number of benzene rings is 1. The predicted molar refractivity (Wildman–Crippen MR) is 61.6 cm³/mol. The van der Waals surface area contributed by atoms with E-state index in [1.54, 1.807) is 19.1 Å². The molecule has 2 N–H and O–H groups in total. The number of methoxy groups -OCH3 is 1. The molecule has 1 rings (SSSR count). The van der Waals surface area contributed by atoms with Crippen molar-refractivity contribution in [3.05, 3.63) is 39.4 Å². The Balaban J connectivity index is 3.36. The summed E-state index contributed by atoms with van der Waals surface area (Å²) in [5.74, 6) is -1.37. The lowest BCUT2D eigenvalue weighted by molar-refractivity contribution is -0.385. The molecule has 0 heterocycles. The second-order valence-electron chi connectivity index (χ2n) is 3.58. The number of hydrogen-bond donors (Lipinski definition) is 1. The van der Waals surface area contributed by atoms with Gasteiger partial charge in [0.25, 0.3) is 5.69 Å². The molecule has 1 aromatic carbocycles. The quantitative estimate of drug-likeness (QED) is 0.481. The average molecular weight is 238 g/mol. The van der Waals surface area contributed by atoms with E-state index >= 15 is 0 Å². The van der Waals surface area contributed by atoms with Crippen LogP contribution in [0.1, 0.15) is 17.0 Å². The van der Waals surface area contributed by atoms with E-state index in [2.05, 4.69) is 4.74 Å². The normalized spacial score (nSPS) is 11.9. The van der Waals surface area contributed by atoms with E-state index in [9.17, 15) is 14.9 Å². The number of nitro benzene ring substituents is 1. The maximum absolute atomic E-state index is 11.5. The summed E-state index contributed by atoms with van der Waals surface area (Å²) in [5, 5.41) is 10.9. The van der Waals surface area contributed by atoms with Gasteiger partial charge < -0.3 is 10.5 Å². The SMILES string of the molecule is COC(=O)C(CN)c1c(C)cccc1[N+](=O)[O-]. The molecule has 0 spiro atoms. The number of nitro groups is 1. The fourth-order valence-electron chi connectivity index (χ4n) is 1.75. The molecular formula is C11H14N2O4. The molecular weight excluding hydrogens is 224 g/mol. The van der Waals surface area contributed by atoms with E-state index in [-0.39, 0.29) is 12.2 Å². The largest absolute Gasteiger partial charge is 0.469 e. The van der Waals surface area contributed by atoms with Crippen LogP contribution in [0.2, 0.25) is 0 Å². The van der Waals surface area contributed by atoms with Gasteiger partial charge in [0.1, 0.15) is 5.92 Å². The molecule has 0 aliphatic heterocycles. The minimum atomic E-state index is -0.804. The van der Waals surface area contributed by atoms with Crippen molar-refractivity contribution in [3.8, 4) is 0 Å². The van der Waals surface area contributed by atoms with E-state index in [1.807, 2.05) is 0 Å². The monoisotopic (exact) mass is 238 g/mol. The molecule has 0 aliphatic rings. The second kappa shape index (κ2) is 5.40. The maximum Gasteiger partial charge on any atom is 0.314 e. The average Bonchev–Trinajstić information content (AvgIpc) is 2.31. The Morgan fingerprint density at radius 1 is 1.59 bits per heavy atom. The second-order valence-corrected chi connectivity index (χ2v) is 3.58. The van der Waals surface area contributed by atoms with E-state index in [0.29, 0.717) is 11.1 Å². The first-order chi connectivity index (χ1) is 8.02. The van der Waals surface area contributed by atoms with Gasteiger partial charge in [0.05, 0.1) is 12.0 Å². The summed E-state index contributed by atoms with van der Waals surface area (Å²) >= 11 is 0. The Labute approximate surface area is 98.5 Å². The van der Waals surface area contributed by atoms with Crippen LogP contribution in [0.25, 0.3) is 0 Å². The van der Waals surface area contributed by atoms with Crippen LogP contribution < -0.4 is 5.73 Å². The zero-order valence-electron chi connectivity index (χ0n) is 9.67. The van der Waals surface area contributed by atoms with Crippen molar-refractivity contribution in [2.24, 2.45) is 5.73 Å². The van der Waals surface area contributed by atoms with Crippen LogP contribution in [0.5, 0.6) is 0 Å². The number of hydrogen-bond acceptors (Lipinski definition) is 5. The fourth-order valence-corrected chi connectivity index (χ4v) is 1.75. The summed E-state index contributed by atoms with van der Waals surface area (Å²) in [6, 6.07) is 4.63. The Morgan fingerprint density at radius 3 is 2.71 bits per heavy atom. The third-order valence-corrected chi connectivity index (χ3v) is 2.57. The molecule has 1 atom stereocenters. The molecule has 6 heteroatoms. The summed E-state index contributed by atoms with van der Waals surface area (Å²) < 4.78 is 4.61. The van der Waals surface area contributed by atoms with Gasteiger partial charge in [0.15, 0.2) is 0 Å². The van der Waals surface area contributed by atoms with Crippen LogP contribution >= 0.6 is 0 Å². The molecule has 0 amide bonds. The Bertz CT molecular complexity index is 445. The lowest BCUT2D eigenvalue weighted by Gasteiger charge is -2.15. The first-order valence-corrected chi connectivity index (χ1v) is 5.04. The number of carbonyl (C=O) groups excluding carboxylic acids is 1. The van der Waals surface area contributed by atoms with Gasteiger partial charge in [-0.3, -0.25) is 14.9 Å². The van der Waals surface area contributed by atoms with Crippen molar-refractivity contribution in [2.75, 3.05) is 13.7 Å². The first kappa shape index (κ1) is 13.1. The third-order valence-electron chi connectivity index (χ3n) is 2.57. The zero-order chi connectivity index (χ0) is 13.0. The Morgan fingerprint density at radius 2 is 2.24 bits per heavy atom. The Hall–Kier alpha value is -1.95. The molecule has 0 bridgehead atoms. The maximum atomic E-state index is 11.5. The van der Waals surface area contributed by atoms with Crippen molar-refractivity contribution < 1.29 is 14.5 Å². The molecule has 0 aliphatic carbocycles. The van der Waals surface area contributed by atoms with Crippen LogP contribution in [0.15, 0.2) is 18.2 Å². The highest BCUT2D eigenvalue weighted by Gasteiger charge is 2.29. The van der Waals surface area contributed by atoms with Gasteiger partial charge in [-0.2, -0.15) is 0 Å². The van der Waals surface area contributed by atoms with E-state index < -0.39 is 16.8 Å². The van der Waals surface area contributed by atoms with E-state index in [4.69, 9.17) is 5.73 Å². The summed E-state index contributed by atoms with van der Waals surface area (Å²) in [6.45, 7) is 1.67. The van der Waals surface area contributed by atoms with Crippen molar-refractivity contribution in [1.29, 1.82) is 0 Å². The molecule has 92 valence electrons. The van der Waals surface area contributed by atoms with Gasteiger partial charge in [-0.1, -0.05) is 12.1 Å². The molecule has 1 aromatic rings. The highest BCUT2D eigenvalue weighted by molar-refractivity contribution is 5.80. The number of carbonyl (C=O) groups is 1. The van der Waals surface area contributed by atoms with Gasteiger partial charge in [-0.25, -0.2) is 0 Å². The van der Waals surface area contributed by atoms with Crippen LogP contribution in [-0.4, -0.2) is 24.5 Å². The smallest absolute Gasteiger partial charge is 0.314 e. The van der Waals surface area contributed by atoms with Crippen LogP contribution in [0.4, 0.5) is 5.69 Å². The molecule has 0 saturated heterocycles. The number of aryl methyl sites for hydroxylation is 1. The number of rotatable bonds is 4. The van der Waals surface area contributed by atoms with Crippen molar-refractivity contribution in [3.63, 3.8) is 0 Å². The van der Waals surface area contributed by atoms with Crippen molar-refractivity contribution in [1.82, 2.24) is 0 Å². The molecule has 0 saturated carbocycles. The third kappa shape index (κ3) is 2.59. The molecule has 0 radical (unpaired) electrons. The molecule has 0 aromatic heterocycles. The fraction of sp³-hybridized carbons (Fsp3) is 0.364. The van der Waals surface area contributed by atoms with Gasteiger partial charge >= 0.3 is 5.97 Å². The molecule has 17 heavy (non-hydrogen) atoms. The topological polar surface area (TPSA) is 95.5 Å². The summed E-state index contributed by atoms with van der Waals surface area (Å²) in [6.07, 6.45) is 0. The molecule has 6 nitrogen and oxygen atoms in total. The van der Waals surface area contributed by atoms with E-state index in [1.165, 1.54) is 13.2 Å². The summed E-state index contributed by atoms with van der Waals surface area (Å²) in [5.41, 5.74) is 6.37. The van der Waals surface area contributed by atoms with Gasteiger partial charge in [-0.05, 0) is 12.5 Å². The van der Waals surface area contributed by atoms with E-state index in [0.717, 1.165) is 0 Å². The minimum Gasteiger partial charge on any atom is -0.469 e. The zero-order valence-corrected chi connectivity index (χ0v) is 9.67. The predicted octanol–water partition coefficient (Wildman–Crippen LogP) is 1.12. The highest BCUT2D eigenvalue weighted by atomic mass is 16.6. The molecule has 1 unspecified atom stereocenters. The number of nitrogens with two attached hydrogens (primary N) is 1. The van der Waals surface area contributed by atoms with Gasteiger partial charge in [0, 0.05) is 18.2 Å².